The van der Waals surface area contributed by atoms with Crippen molar-refractivity contribution in [2.24, 2.45) is 5.92 Å². The molecule has 6 nitrogen and oxygen atoms in total. The summed E-state index contributed by atoms with van der Waals surface area (Å²) < 4.78 is 7.07. The van der Waals surface area contributed by atoms with Gasteiger partial charge in [-0.05, 0) is 42.9 Å². The van der Waals surface area contributed by atoms with Crippen molar-refractivity contribution in [1.29, 1.82) is 0 Å². The maximum atomic E-state index is 5.24. The van der Waals surface area contributed by atoms with Gasteiger partial charge in [0.25, 0.3) is 0 Å². The molecule has 6 heteroatoms. The normalized spacial score (nSPS) is 13.6. The number of hydrogen-bond acceptors (Lipinski definition) is 5. The Morgan fingerprint density at radius 3 is 2.55 bits per heavy atom. The van der Waals surface area contributed by atoms with Crippen molar-refractivity contribution in [2.45, 2.75) is 25.8 Å². The second-order valence-electron chi connectivity index (χ2n) is 7.49. The molecule has 0 saturated heterocycles. The van der Waals surface area contributed by atoms with Crippen molar-refractivity contribution in [3.8, 4) is 17.1 Å². The third-order valence-electron chi connectivity index (χ3n) is 5.29. The van der Waals surface area contributed by atoms with E-state index >= 15 is 0 Å². The van der Waals surface area contributed by atoms with Gasteiger partial charge in [0.05, 0.1) is 13.3 Å². The summed E-state index contributed by atoms with van der Waals surface area (Å²) in [6, 6.07) is 18.1. The number of rotatable bonds is 7. The second kappa shape index (κ2) is 7.54. The predicted octanol–water partition coefficient (Wildman–Crippen LogP) is 4.36. The van der Waals surface area contributed by atoms with Crippen LogP contribution in [0.15, 0.2) is 60.8 Å². The first-order chi connectivity index (χ1) is 14.3. The Balaban J connectivity index is 1.50. The number of hydrogen-bond donors (Lipinski definition) is 1. The van der Waals surface area contributed by atoms with Gasteiger partial charge in [-0.3, -0.25) is 0 Å². The zero-order valence-corrected chi connectivity index (χ0v) is 16.4. The van der Waals surface area contributed by atoms with Crippen LogP contribution in [0.5, 0.6) is 5.75 Å². The molecule has 0 unspecified atom stereocenters. The molecule has 29 heavy (non-hydrogen) atoms. The highest BCUT2D eigenvalue weighted by atomic mass is 16.5. The summed E-state index contributed by atoms with van der Waals surface area (Å²) in [5.41, 5.74) is 4.23. The number of nitrogens with one attached hydrogen (secondary N) is 1. The quantitative estimate of drug-likeness (QED) is 0.512. The van der Waals surface area contributed by atoms with E-state index in [1.165, 1.54) is 18.4 Å². The van der Waals surface area contributed by atoms with E-state index in [0.29, 0.717) is 18.3 Å². The average molecular weight is 385 g/mol. The van der Waals surface area contributed by atoms with Gasteiger partial charge in [0.2, 0.25) is 5.95 Å². The molecule has 0 amide bonds. The molecular formula is C23H23N5O. The van der Waals surface area contributed by atoms with E-state index < -0.39 is 0 Å². The van der Waals surface area contributed by atoms with E-state index in [9.17, 15) is 0 Å². The first-order valence-electron chi connectivity index (χ1n) is 9.97. The summed E-state index contributed by atoms with van der Waals surface area (Å²) in [5, 5.41) is 8.03. The van der Waals surface area contributed by atoms with Crippen LogP contribution in [0.2, 0.25) is 0 Å². The summed E-state index contributed by atoms with van der Waals surface area (Å²) in [6.07, 6.45) is 5.58. The third-order valence-corrected chi connectivity index (χ3v) is 5.29. The van der Waals surface area contributed by atoms with Gasteiger partial charge in [-0.2, -0.15) is 14.6 Å². The van der Waals surface area contributed by atoms with E-state index in [2.05, 4.69) is 10.4 Å². The van der Waals surface area contributed by atoms with E-state index in [1.807, 2.05) is 65.3 Å². The molecule has 1 saturated carbocycles. The maximum Gasteiger partial charge on any atom is 0.228 e. The van der Waals surface area contributed by atoms with Crippen molar-refractivity contribution in [2.75, 3.05) is 12.4 Å². The van der Waals surface area contributed by atoms with Gasteiger partial charge in [0, 0.05) is 17.7 Å². The zero-order valence-electron chi connectivity index (χ0n) is 16.4. The van der Waals surface area contributed by atoms with Crippen LogP contribution in [-0.2, 0) is 13.0 Å². The van der Waals surface area contributed by atoms with Crippen molar-refractivity contribution in [3.05, 3.63) is 71.9 Å². The van der Waals surface area contributed by atoms with Crippen LogP contribution in [0, 0.1) is 5.92 Å². The Morgan fingerprint density at radius 1 is 1.03 bits per heavy atom. The zero-order chi connectivity index (χ0) is 19.6. The van der Waals surface area contributed by atoms with Gasteiger partial charge in [-0.15, -0.1) is 0 Å². The smallest absolute Gasteiger partial charge is 0.228 e. The first-order valence-corrected chi connectivity index (χ1v) is 9.97. The lowest BCUT2D eigenvalue weighted by atomic mass is 10.1. The molecule has 1 N–H and O–H groups in total. The number of anilines is 1. The summed E-state index contributed by atoms with van der Waals surface area (Å²) in [7, 11) is 1.67. The second-order valence-corrected chi connectivity index (χ2v) is 7.49. The highest BCUT2D eigenvalue weighted by Crippen LogP contribution is 2.34. The van der Waals surface area contributed by atoms with Gasteiger partial charge in [0.1, 0.15) is 5.75 Å². The lowest BCUT2D eigenvalue weighted by Gasteiger charge is -2.10. The molecule has 0 radical (unpaired) electrons. The van der Waals surface area contributed by atoms with Crippen LogP contribution in [0.3, 0.4) is 0 Å². The molecule has 1 aliphatic rings. The van der Waals surface area contributed by atoms with Crippen LogP contribution in [-0.4, -0.2) is 26.7 Å². The van der Waals surface area contributed by atoms with Gasteiger partial charge >= 0.3 is 0 Å². The Kier molecular flexibility index (Phi) is 4.60. The number of benzene rings is 2. The van der Waals surface area contributed by atoms with Crippen LogP contribution >= 0.6 is 0 Å². The van der Waals surface area contributed by atoms with Crippen LogP contribution < -0.4 is 10.1 Å². The fraction of sp³-hybridized carbons (Fsp3) is 0.261. The maximum absolute atomic E-state index is 5.24. The van der Waals surface area contributed by atoms with Gasteiger partial charge in [-0.25, -0.2) is 4.98 Å². The third kappa shape index (κ3) is 3.78. The van der Waals surface area contributed by atoms with Crippen molar-refractivity contribution in [1.82, 2.24) is 19.6 Å². The highest BCUT2D eigenvalue weighted by Gasteiger charge is 2.24. The number of nitrogens with zero attached hydrogens (tertiary/aromatic N) is 4. The topological polar surface area (TPSA) is 64.3 Å². The van der Waals surface area contributed by atoms with E-state index in [4.69, 9.17) is 14.7 Å². The van der Waals surface area contributed by atoms with Crippen molar-refractivity contribution in [3.63, 3.8) is 0 Å². The SMILES string of the molecule is COc1ccc(CNc2nc(-c3ccccc3)nc3c(CC4CC4)cnn23)cc1. The van der Waals surface area contributed by atoms with E-state index in [-0.39, 0.29) is 0 Å². The number of ether oxygens (including phenoxy) is 1. The fourth-order valence-electron chi connectivity index (χ4n) is 3.46. The van der Waals surface area contributed by atoms with Crippen LogP contribution in [0.4, 0.5) is 5.95 Å². The molecule has 5 rings (SSSR count). The molecule has 0 aliphatic heterocycles. The standard InChI is InChI=1S/C23H23N5O/c1-29-20-11-9-17(10-12-20)14-24-23-27-21(18-5-3-2-4-6-18)26-22-19(13-16-7-8-16)15-25-28(22)23/h2-6,9-12,15-16H,7-8,13-14H2,1H3,(H,24,26,27). The molecule has 1 aliphatic carbocycles. The molecule has 146 valence electrons. The van der Waals surface area contributed by atoms with Crippen LogP contribution in [0.25, 0.3) is 17.0 Å². The Hall–Kier alpha value is -3.41. The molecule has 0 spiro atoms. The minimum absolute atomic E-state index is 0.641. The Labute approximate surface area is 169 Å². The average Bonchev–Trinajstić information content (AvgIpc) is 3.51. The predicted molar refractivity (Wildman–Crippen MR) is 113 cm³/mol. The van der Waals surface area contributed by atoms with Crippen molar-refractivity contribution < 1.29 is 4.74 Å². The summed E-state index contributed by atoms with van der Waals surface area (Å²) in [5.74, 6) is 3.04. The summed E-state index contributed by atoms with van der Waals surface area (Å²) in [6.45, 7) is 0.641. The Bertz CT molecular complexity index is 1120. The lowest BCUT2D eigenvalue weighted by molar-refractivity contribution is 0.414. The first kappa shape index (κ1) is 17.7. The molecular weight excluding hydrogens is 362 g/mol. The largest absolute Gasteiger partial charge is 0.497 e. The van der Waals surface area contributed by atoms with Gasteiger partial charge in [-0.1, -0.05) is 42.5 Å². The minimum Gasteiger partial charge on any atom is -0.497 e. The molecule has 0 bridgehead atoms. The van der Waals surface area contributed by atoms with Gasteiger partial charge in [0.15, 0.2) is 11.5 Å². The minimum atomic E-state index is 0.641. The monoisotopic (exact) mass is 385 g/mol. The number of aromatic nitrogens is 4. The van der Waals surface area contributed by atoms with Crippen molar-refractivity contribution >= 4 is 11.6 Å². The van der Waals surface area contributed by atoms with E-state index in [0.717, 1.165) is 34.9 Å². The van der Waals surface area contributed by atoms with Crippen LogP contribution in [0.1, 0.15) is 24.0 Å². The Morgan fingerprint density at radius 2 is 1.83 bits per heavy atom. The fourth-order valence-corrected chi connectivity index (χ4v) is 3.46. The number of methoxy groups -OCH3 is 1. The molecule has 0 atom stereocenters. The molecule has 2 aromatic carbocycles. The van der Waals surface area contributed by atoms with Gasteiger partial charge < -0.3 is 10.1 Å². The summed E-state index contributed by atoms with van der Waals surface area (Å²) >= 11 is 0. The van der Waals surface area contributed by atoms with E-state index in [1.54, 1.807) is 7.11 Å². The molecule has 2 heterocycles. The lowest BCUT2D eigenvalue weighted by Crippen LogP contribution is -2.10. The number of fused-ring (bicyclic) bond motifs is 1. The molecule has 4 aromatic rings. The molecule has 2 aromatic heterocycles. The summed E-state index contributed by atoms with van der Waals surface area (Å²) in [4.78, 5) is 9.64. The molecule has 1 fully saturated rings. The highest BCUT2D eigenvalue weighted by molar-refractivity contribution is 5.62.